The minimum Gasteiger partial charge on any atom is -0.352 e. The number of hydrogen-bond acceptors (Lipinski definition) is 5. The molecule has 2 fully saturated rings. The maximum absolute atomic E-state index is 12.4. The Morgan fingerprint density at radius 2 is 2.25 bits per heavy atom. The van der Waals surface area contributed by atoms with Gasteiger partial charge in [0, 0.05) is 12.6 Å². The number of nitrogens with zero attached hydrogens (tertiary/aromatic N) is 3. The van der Waals surface area contributed by atoms with Crippen LogP contribution in [0.5, 0.6) is 0 Å². The van der Waals surface area contributed by atoms with Crippen LogP contribution in [-0.4, -0.2) is 34.5 Å². The lowest BCUT2D eigenvalue weighted by molar-refractivity contribution is -0.122. The molecule has 4 rings (SSSR count). The zero-order valence-corrected chi connectivity index (χ0v) is 11.9. The molecule has 0 radical (unpaired) electrons. The highest BCUT2D eigenvalue weighted by Crippen LogP contribution is 2.33. The maximum atomic E-state index is 12.4. The lowest BCUT2D eigenvalue weighted by atomic mass is 10.2. The molecule has 2 aromatic rings. The average molecular weight is 288 g/mol. The van der Waals surface area contributed by atoms with Crippen molar-refractivity contribution in [3.05, 3.63) is 17.8 Å². The number of carbonyl (C=O) groups excluding carboxylic acids is 1. The van der Waals surface area contributed by atoms with E-state index in [-0.39, 0.29) is 11.9 Å². The molecule has 20 heavy (non-hydrogen) atoms. The molecule has 1 saturated heterocycles. The molecule has 2 aliphatic rings. The predicted molar refractivity (Wildman–Crippen MR) is 78.9 cm³/mol. The quantitative estimate of drug-likeness (QED) is 0.937. The molecule has 0 aromatic carbocycles. The van der Waals surface area contributed by atoms with Crippen molar-refractivity contribution < 1.29 is 4.79 Å². The van der Waals surface area contributed by atoms with Crippen LogP contribution in [0.1, 0.15) is 25.7 Å². The number of anilines is 1. The minimum absolute atomic E-state index is 0.0733. The molecule has 1 amide bonds. The summed E-state index contributed by atoms with van der Waals surface area (Å²) in [5, 5.41) is 5.14. The summed E-state index contributed by atoms with van der Waals surface area (Å²) < 4.78 is 1.08. The summed E-state index contributed by atoms with van der Waals surface area (Å²) in [6.07, 6.45) is 5.80. The normalized spacial score (nSPS) is 22.4. The largest absolute Gasteiger partial charge is 0.352 e. The summed E-state index contributed by atoms with van der Waals surface area (Å²) in [5.74, 6) is 1.08. The molecule has 1 aliphatic heterocycles. The average Bonchev–Trinajstić information content (AvgIpc) is 2.96. The van der Waals surface area contributed by atoms with Crippen LogP contribution < -0.4 is 10.2 Å². The molecule has 3 heterocycles. The zero-order chi connectivity index (χ0) is 13.5. The molecule has 0 spiro atoms. The molecule has 104 valence electrons. The van der Waals surface area contributed by atoms with E-state index in [4.69, 9.17) is 0 Å². The monoisotopic (exact) mass is 288 g/mol. The molecular weight excluding hydrogens is 272 g/mol. The molecule has 1 aliphatic carbocycles. The third-order valence-corrected chi connectivity index (χ3v) is 4.88. The number of nitrogens with one attached hydrogen (secondary N) is 1. The topological polar surface area (TPSA) is 58.1 Å². The Kier molecular flexibility index (Phi) is 2.84. The van der Waals surface area contributed by atoms with Gasteiger partial charge in [0.2, 0.25) is 5.91 Å². The Hall–Kier alpha value is -1.69. The fraction of sp³-hybridized carbons (Fsp3) is 0.500. The van der Waals surface area contributed by atoms with Crippen molar-refractivity contribution in [2.75, 3.05) is 11.4 Å². The van der Waals surface area contributed by atoms with Crippen LogP contribution in [0.3, 0.4) is 0 Å². The number of rotatable bonds is 3. The Labute approximate surface area is 121 Å². The molecule has 5 nitrogen and oxygen atoms in total. The van der Waals surface area contributed by atoms with Gasteiger partial charge in [-0.1, -0.05) is 0 Å². The predicted octanol–water partition coefficient (Wildman–Crippen LogP) is 1.94. The van der Waals surface area contributed by atoms with E-state index in [0.29, 0.717) is 6.04 Å². The summed E-state index contributed by atoms with van der Waals surface area (Å²) in [6, 6.07) is 2.34. The van der Waals surface area contributed by atoms with Crippen LogP contribution in [-0.2, 0) is 4.79 Å². The van der Waals surface area contributed by atoms with Gasteiger partial charge in [0.1, 0.15) is 12.4 Å². The van der Waals surface area contributed by atoms with Crippen LogP contribution in [0, 0.1) is 0 Å². The first-order valence-electron chi connectivity index (χ1n) is 7.08. The van der Waals surface area contributed by atoms with E-state index in [1.165, 1.54) is 0 Å². The van der Waals surface area contributed by atoms with Crippen LogP contribution in [0.25, 0.3) is 10.2 Å². The molecule has 2 aromatic heterocycles. The van der Waals surface area contributed by atoms with Crippen LogP contribution in [0.2, 0.25) is 0 Å². The van der Waals surface area contributed by atoms with Crippen LogP contribution in [0.15, 0.2) is 17.8 Å². The second-order valence-electron chi connectivity index (χ2n) is 5.47. The molecular formula is C14H16N4OS. The van der Waals surface area contributed by atoms with Gasteiger partial charge in [-0.3, -0.25) is 4.79 Å². The van der Waals surface area contributed by atoms with Gasteiger partial charge in [-0.05, 0) is 37.1 Å². The fourth-order valence-electron chi connectivity index (χ4n) is 2.80. The summed E-state index contributed by atoms with van der Waals surface area (Å²) in [6.45, 7) is 0.896. The number of fused-ring (bicyclic) bond motifs is 1. The highest BCUT2D eigenvalue weighted by atomic mass is 32.1. The molecule has 6 heteroatoms. The van der Waals surface area contributed by atoms with Gasteiger partial charge in [-0.15, -0.1) is 11.3 Å². The van der Waals surface area contributed by atoms with Crippen molar-refractivity contribution in [2.45, 2.75) is 37.8 Å². The van der Waals surface area contributed by atoms with Crippen molar-refractivity contribution in [3.63, 3.8) is 0 Å². The standard InChI is InChI=1S/C14H16N4OS/c19-14(17-9-3-4-9)11-2-1-6-18(11)13-12-10(5-7-20-12)15-8-16-13/h5,7-9,11H,1-4,6H2,(H,17,19)/t11-/m0/s1. The lowest BCUT2D eigenvalue weighted by Crippen LogP contribution is -2.44. The first-order chi connectivity index (χ1) is 9.83. The number of aromatic nitrogens is 2. The smallest absolute Gasteiger partial charge is 0.242 e. The third-order valence-electron chi connectivity index (χ3n) is 3.98. The van der Waals surface area contributed by atoms with Gasteiger partial charge >= 0.3 is 0 Å². The van der Waals surface area contributed by atoms with Crippen molar-refractivity contribution in [2.24, 2.45) is 0 Å². The Bertz CT molecular complexity index is 651. The minimum atomic E-state index is -0.0733. The SMILES string of the molecule is O=C(NC1CC1)[C@@H]1CCCN1c1ncnc2ccsc12. The summed E-state index contributed by atoms with van der Waals surface area (Å²) in [4.78, 5) is 23.2. The molecule has 1 N–H and O–H groups in total. The summed E-state index contributed by atoms with van der Waals surface area (Å²) in [7, 11) is 0. The fourth-order valence-corrected chi connectivity index (χ4v) is 3.65. The van der Waals surface area contributed by atoms with Crippen molar-refractivity contribution in [1.82, 2.24) is 15.3 Å². The van der Waals surface area contributed by atoms with E-state index in [1.54, 1.807) is 17.7 Å². The van der Waals surface area contributed by atoms with Gasteiger partial charge in [0.25, 0.3) is 0 Å². The van der Waals surface area contributed by atoms with Gasteiger partial charge in [-0.2, -0.15) is 0 Å². The van der Waals surface area contributed by atoms with E-state index in [9.17, 15) is 4.79 Å². The second kappa shape index (κ2) is 4.70. The van der Waals surface area contributed by atoms with Crippen molar-refractivity contribution in [3.8, 4) is 0 Å². The molecule has 0 unspecified atom stereocenters. The van der Waals surface area contributed by atoms with E-state index in [1.807, 2.05) is 11.4 Å². The number of thiophene rings is 1. The number of amides is 1. The first-order valence-corrected chi connectivity index (χ1v) is 7.96. The van der Waals surface area contributed by atoms with E-state index in [2.05, 4.69) is 20.2 Å². The van der Waals surface area contributed by atoms with E-state index >= 15 is 0 Å². The van der Waals surface area contributed by atoms with Gasteiger partial charge in [0.15, 0.2) is 5.82 Å². The Morgan fingerprint density at radius 1 is 1.35 bits per heavy atom. The van der Waals surface area contributed by atoms with Crippen molar-refractivity contribution in [1.29, 1.82) is 0 Å². The highest BCUT2D eigenvalue weighted by Gasteiger charge is 2.35. The van der Waals surface area contributed by atoms with E-state index in [0.717, 1.165) is 48.3 Å². The molecule has 0 bridgehead atoms. The maximum Gasteiger partial charge on any atom is 0.242 e. The molecule has 1 saturated carbocycles. The second-order valence-corrected chi connectivity index (χ2v) is 6.38. The van der Waals surface area contributed by atoms with Gasteiger partial charge in [-0.25, -0.2) is 9.97 Å². The lowest BCUT2D eigenvalue weighted by Gasteiger charge is -2.25. The van der Waals surface area contributed by atoms with Crippen molar-refractivity contribution >= 4 is 33.3 Å². The highest BCUT2D eigenvalue weighted by molar-refractivity contribution is 7.17. The number of hydrogen-bond donors (Lipinski definition) is 1. The molecule has 1 atom stereocenters. The van der Waals surface area contributed by atoms with Crippen LogP contribution in [0.4, 0.5) is 5.82 Å². The zero-order valence-electron chi connectivity index (χ0n) is 11.1. The first kappa shape index (κ1) is 12.1. The Balaban J connectivity index is 1.65. The van der Waals surface area contributed by atoms with Crippen LogP contribution >= 0.6 is 11.3 Å². The number of carbonyl (C=O) groups is 1. The van der Waals surface area contributed by atoms with Gasteiger partial charge in [0.05, 0.1) is 10.2 Å². The van der Waals surface area contributed by atoms with E-state index < -0.39 is 0 Å². The Morgan fingerprint density at radius 3 is 3.10 bits per heavy atom. The summed E-state index contributed by atoms with van der Waals surface area (Å²) in [5.41, 5.74) is 0.966. The van der Waals surface area contributed by atoms with Gasteiger partial charge < -0.3 is 10.2 Å². The summed E-state index contributed by atoms with van der Waals surface area (Å²) >= 11 is 1.64. The third kappa shape index (κ3) is 2.04.